The van der Waals surface area contributed by atoms with Crippen molar-refractivity contribution in [1.82, 2.24) is 9.78 Å². The number of benzene rings is 2. The highest BCUT2D eigenvalue weighted by Gasteiger charge is 2.05. The topological polar surface area (TPSA) is 17.8 Å². The van der Waals surface area contributed by atoms with Gasteiger partial charge in [-0.1, -0.05) is 51.3 Å². The van der Waals surface area contributed by atoms with E-state index in [0.717, 1.165) is 21.3 Å². The van der Waals surface area contributed by atoms with Gasteiger partial charge in [-0.25, -0.2) is 4.68 Å². The fourth-order valence-electron chi connectivity index (χ4n) is 1.88. The molecular formula is C15H9BrCl2N2. The lowest BCUT2D eigenvalue weighted by atomic mass is 10.1. The number of hydrogen-bond acceptors (Lipinski definition) is 1. The highest BCUT2D eigenvalue weighted by Crippen LogP contribution is 2.26. The van der Waals surface area contributed by atoms with Crippen LogP contribution in [0.15, 0.2) is 59.3 Å². The van der Waals surface area contributed by atoms with Crippen molar-refractivity contribution < 1.29 is 0 Å². The van der Waals surface area contributed by atoms with Crippen molar-refractivity contribution in [3.05, 3.63) is 69.4 Å². The number of aromatic nitrogens is 2. The van der Waals surface area contributed by atoms with E-state index in [4.69, 9.17) is 23.2 Å². The number of hydrogen-bond donors (Lipinski definition) is 0. The molecule has 100 valence electrons. The molecule has 0 spiro atoms. The Hall–Kier alpha value is -1.29. The van der Waals surface area contributed by atoms with Crippen molar-refractivity contribution in [2.24, 2.45) is 0 Å². The van der Waals surface area contributed by atoms with Gasteiger partial charge in [-0.05, 0) is 35.9 Å². The van der Waals surface area contributed by atoms with Crippen LogP contribution in [0.5, 0.6) is 0 Å². The lowest BCUT2D eigenvalue weighted by Crippen LogP contribution is -1.93. The summed E-state index contributed by atoms with van der Waals surface area (Å²) in [7, 11) is 0. The Morgan fingerprint density at radius 1 is 0.900 bits per heavy atom. The van der Waals surface area contributed by atoms with Crippen LogP contribution in [-0.4, -0.2) is 9.78 Å². The number of rotatable bonds is 2. The van der Waals surface area contributed by atoms with E-state index in [-0.39, 0.29) is 0 Å². The monoisotopic (exact) mass is 366 g/mol. The van der Waals surface area contributed by atoms with Crippen LogP contribution in [0.25, 0.3) is 16.8 Å². The Morgan fingerprint density at radius 2 is 1.65 bits per heavy atom. The smallest absolute Gasteiger partial charge is 0.0661 e. The predicted molar refractivity (Wildman–Crippen MR) is 86.7 cm³/mol. The highest BCUT2D eigenvalue weighted by molar-refractivity contribution is 9.10. The quantitative estimate of drug-likeness (QED) is 0.575. The Kier molecular flexibility index (Phi) is 3.83. The Morgan fingerprint density at radius 3 is 2.35 bits per heavy atom. The van der Waals surface area contributed by atoms with E-state index < -0.39 is 0 Å². The SMILES string of the molecule is Clc1ccc(-n2cc(-c3ccc(Br)cc3)cn2)cc1Cl. The lowest BCUT2D eigenvalue weighted by Gasteiger charge is -2.02. The summed E-state index contributed by atoms with van der Waals surface area (Å²) in [6, 6.07) is 13.5. The third-order valence-electron chi connectivity index (χ3n) is 2.93. The molecule has 2 nitrogen and oxygen atoms in total. The van der Waals surface area contributed by atoms with Gasteiger partial charge in [0.2, 0.25) is 0 Å². The van der Waals surface area contributed by atoms with Crippen LogP contribution in [0.2, 0.25) is 10.0 Å². The first-order valence-electron chi connectivity index (χ1n) is 5.89. The molecule has 0 atom stereocenters. The number of halogens is 3. The molecule has 0 aliphatic carbocycles. The van der Waals surface area contributed by atoms with E-state index in [0.29, 0.717) is 10.0 Å². The average Bonchev–Trinajstić information content (AvgIpc) is 2.92. The highest BCUT2D eigenvalue weighted by atomic mass is 79.9. The zero-order chi connectivity index (χ0) is 14.1. The second kappa shape index (κ2) is 5.60. The fourth-order valence-corrected chi connectivity index (χ4v) is 2.44. The van der Waals surface area contributed by atoms with E-state index in [1.165, 1.54) is 0 Å². The molecule has 0 saturated heterocycles. The van der Waals surface area contributed by atoms with E-state index in [2.05, 4.69) is 21.0 Å². The van der Waals surface area contributed by atoms with Crippen LogP contribution in [0.3, 0.4) is 0 Å². The molecule has 0 aliphatic heterocycles. The van der Waals surface area contributed by atoms with Gasteiger partial charge < -0.3 is 0 Å². The summed E-state index contributed by atoms with van der Waals surface area (Å²) in [5.74, 6) is 0. The summed E-state index contributed by atoms with van der Waals surface area (Å²) in [6.45, 7) is 0. The molecule has 1 aromatic heterocycles. The molecule has 0 amide bonds. The molecule has 0 saturated carbocycles. The molecule has 0 bridgehead atoms. The zero-order valence-corrected chi connectivity index (χ0v) is 13.3. The van der Waals surface area contributed by atoms with Crippen LogP contribution in [0, 0.1) is 0 Å². The van der Waals surface area contributed by atoms with Crippen molar-refractivity contribution in [2.75, 3.05) is 0 Å². The summed E-state index contributed by atoms with van der Waals surface area (Å²) in [5.41, 5.74) is 3.03. The zero-order valence-electron chi connectivity index (χ0n) is 10.2. The largest absolute Gasteiger partial charge is 0.240 e. The van der Waals surface area contributed by atoms with E-state index in [1.54, 1.807) is 16.8 Å². The molecule has 0 N–H and O–H groups in total. The van der Waals surface area contributed by atoms with Gasteiger partial charge in [-0.2, -0.15) is 5.10 Å². The predicted octanol–water partition coefficient (Wildman–Crippen LogP) is 5.61. The summed E-state index contributed by atoms with van der Waals surface area (Å²) >= 11 is 15.4. The summed E-state index contributed by atoms with van der Waals surface area (Å²) in [5, 5.41) is 5.42. The molecule has 20 heavy (non-hydrogen) atoms. The first kappa shape index (κ1) is 13.7. The first-order valence-corrected chi connectivity index (χ1v) is 7.44. The minimum Gasteiger partial charge on any atom is -0.240 e. The third-order valence-corrected chi connectivity index (χ3v) is 4.20. The van der Waals surface area contributed by atoms with Crippen LogP contribution in [0.1, 0.15) is 0 Å². The van der Waals surface area contributed by atoms with Gasteiger partial charge in [0.05, 0.1) is 21.9 Å². The first-order chi connectivity index (χ1) is 9.63. The maximum atomic E-state index is 6.03. The van der Waals surface area contributed by atoms with Crippen molar-refractivity contribution in [3.63, 3.8) is 0 Å². The Labute approximate surface area is 135 Å². The summed E-state index contributed by atoms with van der Waals surface area (Å²) in [6.07, 6.45) is 3.79. The molecule has 3 aromatic rings. The summed E-state index contributed by atoms with van der Waals surface area (Å²) < 4.78 is 2.83. The number of nitrogens with zero attached hydrogens (tertiary/aromatic N) is 2. The maximum Gasteiger partial charge on any atom is 0.0661 e. The van der Waals surface area contributed by atoms with Crippen molar-refractivity contribution in [2.45, 2.75) is 0 Å². The van der Waals surface area contributed by atoms with Crippen LogP contribution in [0.4, 0.5) is 0 Å². The Balaban J connectivity index is 1.97. The molecule has 2 aromatic carbocycles. The van der Waals surface area contributed by atoms with E-state index in [1.807, 2.05) is 42.7 Å². The summed E-state index contributed by atoms with van der Waals surface area (Å²) in [4.78, 5) is 0. The van der Waals surface area contributed by atoms with Gasteiger partial charge in [0.15, 0.2) is 0 Å². The second-order valence-electron chi connectivity index (χ2n) is 4.28. The van der Waals surface area contributed by atoms with Gasteiger partial charge in [-0.3, -0.25) is 0 Å². The minimum absolute atomic E-state index is 0.518. The molecule has 0 aliphatic rings. The molecular weight excluding hydrogens is 359 g/mol. The van der Waals surface area contributed by atoms with Crippen LogP contribution < -0.4 is 0 Å². The third kappa shape index (κ3) is 2.75. The molecule has 0 unspecified atom stereocenters. The van der Waals surface area contributed by atoms with E-state index >= 15 is 0 Å². The van der Waals surface area contributed by atoms with Gasteiger partial charge in [0.1, 0.15) is 0 Å². The fraction of sp³-hybridized carbons (Fsp3) is 0. The second-order valence-corrected chi connectivity index (χ2v) is 6.01. The van der Waals surface area contributed by atoms with E-state index in [9.17, 15) is 0 Å². The van der Waals surface area contributed by atoms with Gasteiger partial charge in [0, 0.05) is 16.2 Å². The average molecular weight is 368 g/mol. The van der Waals surface area contributed by atoms with Crippen LogP contribution >= 0.6 is 39.1 Å². The molecule has 5 heteroatoms. The van der Waals surface area contributed by atoms with Crippen molar-refractivity contribution >= 4 is 39.1 Å². The van der Waals surface area contributed by atoms with Gasteiger partial charge >= 0.3 is 0 Å². The van der Waals surface area contributed by atoms with Gasteiger partial charge in [0.25, 0.3) is 0 Å². The molecule has 1 heterocycles. The molecule has 3 rings (SSSR count). The Bertz CT molecular complexity index is 751. The van der Waals surface area contributed by atoms with Crippen molar-refractivity contribution in [3.8, 4) is 16.8 Å². The lowest BCUT2D eigenvalue weighted by molar-refractivity contribution is 0.881. The standard InChI is InChI=1S/C15H9BrCl2N2/c16-12-3-1-10(2-4-12)11-8-19-20(9-11)13-5-6-14(17)15(18)7-13/h1-9H. The minimum atomic E-state index is 0.518. The van der Waals surface area contributed by atoms with Crippen molar-refractivity contribution in [1.29, 1.82) is 0 Å². The van der Waals surface area contributed by atoms with Gasteiger partial charge in [-0.15, -0.1) is 0 Å². The normalized spacial score (nSPS) is 10.8. The van der Waals surface area contributed by atoms with Crippen LogP contribution in [-0.2, 0) is 0 Å². The maximum absolute atomic E-state index is 6.03. The molecule has 0 radical (unpaired) electrons. The molecule has 0 fully saturated rings.